The van der Waals surface area contributed by atoms with Gasteiger partial charge in [0.25, 0.3) is 0 Å². The molecule has 104 valence electrons. The molecule has 4 aliphatic carbocycles. The number of aliphatic carboxylic acids is 1. The van der Waals surface area contributed by atoms with Gasteiger partial charge in [-0.2, -0.15) is 0 Å². The van der Waals surface area contributed by atoms with Crippen molar-refractivity contribution < 1.29 is 19.4 Å². The number of hydrogen-bond acceptors (Lipinski definition) is 3. The molecule has 4 nitrogen and oxygen atoms in total. The Kier molecular flexibility index (Phi) is 2.73. The topological polar surface area (TPSA) is 63.6 Å². The molecule has 0 heterocycles. The molecule has 1 N–H and O–H groups in total. The van der Waals surface area contributed by atoms with Crippen molar-refractivity contribution in [2.45, 2.75) is 44.6 Å². The van der Waals surface area contributed by atoms with E-state index >= 15 is 0 Å². The van der Waals surface area contributed by atoms with Gasteiger partial charge in [-0.1, -0.05) is 6.58 Å². The first-order chi connectivity index (χ1) is 8.91. The SMILES string of the molecule is C=C(C)C(=O)OC12CC3CC(CC(C3)C1C(=O)O)C2. The molecule has 3 atom stereocenters. The lowest BCUT2D eigenvalue weighted by molar-refractivity contribution is -0.211. The van der Waals surface area contributed by atoms with Gasteiger partial charge in [-0.05, 0) is 56.8 Å². The first kappa shape index (κ1) is 12.7. The van der Waals surface area contributed by atoms with E-state index in [4.69, 9.17) is 4.74 Å². The summed E-state index contributed by atoms with van der Waals surface area (Å²) in [5, 5.41) is 9.55. The average Bonchev–Trinajstić information content (AvgIpc) is 2.25. The van der Waals surface area contributed by atoms with Crippen LogP contribution in [0.5, 0.6) is 0 Å². The molecular formula is C15H20O4. The van der Waals surface area contributed by atoms with Crippen LogP contribution in [0, 0.1) is 23.7 Å². The number of carboxylic acid groups (broad SMARTS) is 1. The maximum atomic E-state index is 11.9. The molecule has 0 aliphatic heterocycles. The molecule has 4 bridgehead atoms. The Morgan fingerprint density at radius 1 is 1.21 bits per heavy atom. The second kappa shape index (κ2) is 4.09. The van der Waals surface area contributed by atoms with E-state index in [0.717, 1.165) is 25.7 Å². The van der Waals surface area contributed by atoms with Crippen LogP contribution in [0.2, 0.25) is 0 Å². The molecule has 19 heavy (non-hydrogen) atoms. The average molecular weight is 264 g/mol. The van der Waals surface area contributed by atoms with Gasteiger partial charge in [0.1, 0.15) is 5.60 Å². The van der Waals surface area contributed by atoms with Crippen molar-refractivity contribution in [1.29, 1.82) is 0 Å². The fourth-order valence-corrected chi connectivity index (χ4v) is 4.81. The normalized spacial score (nSPS) is 43.0. The molecule has 4 aliphatic rings. The molecule has 4 fully saturated rings. The molecule has 0 aromatic carbocycles. The smallest absolute Gasteiger partial charge is 0.333 e. The highest BCUT2D eigenvalue weighted by Gasteiger charge is 2.62. The Bertz CT molecular complexity index is 439. The Balaban J connectivity index is 1.93. The van der Waals surface area contributed by atoms with Crippen LogP contribution in [0.3, 0.4) is 0 Å². The van der Waals surface area contributed by atoms with Gasteiger partial charge in [-0.3, -0.25) is 4.79 Å². The Morgan fingerprint density at radius 3 is 2.26 bits per heavy atom. The van der Waals surface area contributed by atoms with Gasteiger partial charge in [0.15, 0.2) is 0 Å². The summed E-state index contributed by atoms with van der Waals surface area (Å²) < 4.78 is 5.67. The number of carbonyl (C=O) groups is 2. The quantitative estimate of drug-likeness (QED) is 0.628. The molecule has 3 unspecified atom stereocenters. The minimum atomic E-state index is -0.807. The van der Waals surface area contributed by atoms with Crippen LogP contribution in [0.1, 0.15) is 39.0 Å². The van der Waals surface area contributed by atoms with Crippen LogP contribution in [-0.4, -0.2) is 22.6 Å². The van der Waals surface area contributed by atoms with E-state index in [1.807, 2.05) is 0 Å². The van der Waals surface area contributed by atoms with Crippen molar-refractivity contribution in [2.24, 2.45) is 23.7 Å². The van der Waals surface area contributed by atoms with Gasteiger partial charge in [0.2, 0.25) is 0 Å². The summed E-state index contributed by atoms with van der Waals surface area (Å²) in [7, 11) is 0. The van der Waals surface area contributed by atoms with Crippen LogP contribution in [0.25, 0.3) is 0 Å². The number of carboxylic acids is 1. The molecule has 0 aromatic heterocycles. The molecule has 4 saturated carbocycles. The predicted molar refractivity (Wildman–Crippen MR) is 68.3 cm³/mol. The number of hydrogen-bond donors (Lipinski definition) is 1. The maximum absolute atomic E-state index is 11.9. The Hall–Kier alpha value is -1.32. The van der Waals surface area contributed by atoms with Crippen molar-refractivity contribution in [3.8, 4) is 0 Å². The van der Waals surface area contributed by atoms with Crippen molar-refractivity contribution in [2.75, 3.05) is 0 Å². The third kappa shape index (κ3) is 1.88. The van der Waals surface area contributed by atoms with E-state index in [2.05, 4.69) is 6.58 Å². The number of esters is 1. The zero-order valence-electron chi connectivity index (χ0n) is 11.2. The second-order valence-corrected chi connectivity index (χ2v) is 6.66. The molecule has 0 spiro atoms. The van der Waals surface area contributed by atoms with Gasteiger partial charge in [0, 0.05) is 5.57 Å². The Morgan fingerprint density at radius 2 is 1.79 bits per heavy atom. The van der Waals surface area contributed by atoms with E-state index in [1.165, 1.54) is 6.42 Å². The van der Waals surface area contributed by atoms with Crippen LogP contribution >= 0.6 is 0 Å². The summed E-state index contributed by atoms with van der Waals surface area (Å²) in [5.41, 5.74) is -0.420. The van der Waals surface area contributed by atoms with E-state index in [1.54, 1.807) is 6.92 Å². The van der Waals surface area contributed by atoms with Gasteiger partial charge in [0.05, 0.1) is 5.92 Å². The molecule has 4 heteroatoms. The van der Waals surface area contributed by atoms with E-state index in [-0.39, 0.29) is 5.92 Å². The second-order valence-electron chi connectivity index (χ2n) is 6.66. The van der Waals surface area contributed by atoms with Crippen molar-refractivity contribution >= 4 is 11.9 Å². The van der Waals surface area contributed by atoms with Crippen LogP contribution in [-0.2, 0) is 14.3 Å². The molecular weight excluding hydrogens is 244 g/mol. The minimum absolute atomic E-state index is 0.182. The van der Waals surface area contributed by atoms with Crippen LogP contribution < -0.4 is 0 Å². The third-order valence-electron chi connectivity index (χ3n) is 5.16. The molecule has 0 aromatic rings. The van der Waals surface area contributed by atoms with E-state index < -0.39 is 23.5 Å². The zero-order chi connectivity index (χ0) is 13.8. The van der Waals surface area contributed by atoms with E-state index in [9.17, 15) is 14.7 Å². The lowest BCUT2D eigenvalue weighted by Gasteiger charge is -2.58. The monoisotopic (exact) mass is 264 g/mol. The summed E-state index contributed by atoms with van der Waals surface area (Å²) in [6.45, 7) is 5.21. The van der Waals surface area contributed by atoms with Crippen LogP contribution in [0.4, 0.5) is 0 Å². The maximum Gasteiger partial charge on any atom is 0.333 e. The fraction of sp³-hybridized carbons (Fsp3) is 0.733. The molecule has 0 amide bonds. The minimum Gasteiger partial charge on any atom is -0.481 e. The van der Waals surface area contributed by atoms with Crippen LogP contribution in [0.15, 0.2) is 12.2 Å². The fourth-order valence-electron chi connectivity index (χ4n) is 4.81. The first-order valence-electron chi connectivity index (χ1n) is 7.03. The molecule has 0 saturated heterocycles. The van der Waals surface area contributed by atoms with Gasteiger partial charge in [-0.15, -0.1) is 0 Å². The highest BCUT2D eigenvalue weighted by Crippen LogP contribution is 2.60. The van der Waals surface area contributed by atoms with E-state index in [0.29, 0.717) is 17.4 Å². The lowest BCUT2D eigenvalue weighted by atomic mass is 9.49. The number of ether oxygens (including phenoxy) is 1. The van der Waals surface area contributed by atoms with Crippen molar-refractivity contribution in [3.05, 3.63) is 12.2 Å². The largest absolute Gasteiger partial charge is 0.481 e. The van der Waals surface area contributed by atoms with Gasteiger partial charge in [-0.25, -0.2) is 4.79 Å². The summed E-state index contributed by atoms with van der Waals surface area (Å²) in [4.78, 5) is 23.5. The first-order valence-corrected chi connectivity index (χ1v) is 7.03. The standard InChI is InChI=1S/C15H20O4/c1-8(2)14(18)19-15-6-9-3-10(7-15)5-11(4-9)12(15)13(16)17/h9-12H,1,3-7H2,2H3,(H,16,17). The summed E-state index contributed by atoms with van der Waals surface area (Å²) in [6, 6.07) is 0. The number of rotatable bonds is 3. The highest BCUT2D eigenvalue weighted by molar-refractivity contribution is 5.87. The summed E-state index contributed by atoms with van der Waals surface area (Å²) in [6.07, 6.45) is 4.58. The molecule has 0 radical (unpaired) electrons. The Labute approximate surface area is 112 Å². The van der Waals surface area contributed by atoms with Gasteiger partial charge < -0.3 is 9.84 Å². The third-order valence-corrected chi connectivity index (χ3v) is 5.16. The highest BCUT2D eigenvalue weighted by atomic mass is 16.6. The summed E-state index contributed by atoms with van der Waals surface area (Å²) in [5.74, 6) is -0.520. The van der Waals surface area contributed by atoms with Crippen molar-refractivity contribution in [3.63, 3.8) is 0 Å². The van der Waals surface area contributed by atoms with Gasteiger partial charge >= 0.3 is 11.9 Å². The zero-order valence-corrected chi connectivity index (χ0v) is 11.2. The summed E-state index contributed by atoms with van der Waals surface area (Å²) >= 11 is 0. The van der Waals surface area contributed by atoms with Crippen molar-refractivity contribution in [1.82, 2.24) is 0 Å². The molecule has 4 rings (SSSR count). The predicted octanol–water partition coefficient (Wildman–Crippen LogP) is 2.39. The number of carbonyl (C=O) groups excluding carboxylic acids is 1. The lowest BCUT2D eigenvalue weighted by Crippen LogP contribution is -2.61.